The lowest BCUT2D eigenvalue weighted by Gasteiger charge is -2.35. The fourth-order valence-electron chi connectivity index (χ4n) is 3.77. The van der Waals surface area contributed by atoms with Crippen LogP contribution in [0.1, 0.15) is 12.5 Å². The monoisotopic (exact) mass is 409 g/mol. The van der Waals surface area contributed by atoms with E-state index < -0.39 is 5.69 Å². The summed E-state index contributed by atoms with van der Waals surface area (Å²) in [6.07, 6.45) is 4.29. The number of nitrogens with zero attached hydrogens (tertiary/aromatic N) is 5. The number of thiophene rings is 1. The SMILES string of the molecule is CCc1cc(N2CCN(c3ncccn3)CC2)nc2sc3c(=O)[nH]c(=O)[nH]c3c12. The summed E-state index contributed by atoms with van der Waals surface area (Å²) in [4.78, 5) is 47.7. The second-order valence-electron chi connectivity index (χ2n) is 6.91. The molecular formula is C19H19N7O2S. The number of piperazine rings is 1. The topological polar surface area (TPSA) is 111 Å². The van der Waals surface area contributed by atoms with Crippen LogP contribution in [0.15, 0.2) is 34.1 Å². The number of aromatic amines is 2. The van der Waals surface area contributed by atoms with Gasteiger partial charge in [0.2, 0.25) is 5.95 Å². The molecule has 4 aromatic heterocycles. The first-order chi connectivity index (χ1) is 14.1. The molecule has 0 radical (unpaired) electrons. The van der Waals surface area contributed by atoms with Crippen molar-refractivity contribution >= 4 is 43.5 Å². The van der Waals surface area contributed by atoms with Gasteiger partial charge in [0.15, 0.2) is 0 Å². The van der Waals surface area contributed by atoms with Crippen molar-refractivity contribution in [1.82, 2.24) is 24.9 Å². The predicted molar refractivity (Wildman–Crippen MR) is 114 cm³/mol. The number of pyridine rings is 1. The lowest BCUT2D eigenvalue weighted by Crippen LogP contribution is -2.47. The lowest BCUT2D eigenvalue weighted by molar-refractivity contribution is 0.635. The Balaban J connectivity index is 1.52. The van der Waals surface area contributed by atoms with Crippen LogP contribution in [0.5, 0.6) is 0 Å². The molecule has 148 valence electrons. The van der Waals surface area contributed by atoms with Gasteiger partial charge in [-0.05, 0) is 24.1 Å². The average molecular weight is 409 g/mol. The summed E-state index contributed by atoms with van der Waals surface area (Å²) in [5.74, 6) is 1.64. The van der Waals surface area contributed by atoms with E-state index in [2.05, 4.69) is 42.7 Å². The van der Waals surface area contributed by atoms with Crippen LogP contribution in [0.3, 0.4) is 0 Å². The normalized spacial score (nSPS) is 14.8. The van der Waals surface area contributed by atoms with E-state index in [1.165, 1.54) is 11.3 Å². The molecular weight excluding hydrogens is 390 g/mol. The molecule has 1 fully saturated rings. The van der Waals surface area contributed by atoms with Crippen LogP contribution >= 0.6 is 11.3 Å². The number of fused-ring (bicyclic) bond motifs is 3. The van der Waals surface area contributed by atoms with E-state index in [1.54, 1.807) is 12.4 Å². The number of rotatable bonds is 3. The van der Waals surface area contributed by atoms with Crippen LogP contribution in [-0.4, -0.2) is 51.1 Å². The summed E-state index contributed by atoms with van der Waals surface area (Å²) in [5.41, 5.74) is 0.798. The summed E-state index contributed by atoms with van der Waals surface area (Å²) in [5, 5.41) is 0.871. The molecule has 0 aliphatic carbocycles. The van der Waals surface area contributed by atoms with Gasteiger partial charge >= 0.3 is 5.69 Å². The highest BCUT2D eigenvalue weighted by Crippen LogP contribution is 2.34. The highest BCUT2D eigenvalue weighted by Gasteiger charge is 2.22. The highest BCUT2D eigenvalue weighted by molar-refractivity contribution is 7.25. The molecule has 0 spiro atoms. The number of aryl methyl sites for hydroxylation is 1. The van der Waals surface area contributed by atoms with Crippen molar-refractivity contribution in [2.24, 2.45) is 0 Å². The van der Waals surface area contributed by atoms with Crippen molar-refractivity contribution in [3.63, 3.8) is 0 Å². The molecule has 1 aliphatic rings. The van der Waals surface area contributed by atoms with E-state index in [9.17, 15) is 9.59 Å². The first-order valence-corrected chi connectivity index (χ1v) is 10.3. The maximum absolute atomic E-state index is 12.2. The molecule has 4 aromatic rings. The zero-order valence-electron chi connectivity index (χ0n) is 15.8. The van der Waals surface area contributed by atoms with Gasteiger partial charge in [0.1, 0.15) is 15.3 Å². The largest absolute Gasteiger partial charge is 0.353 e. The van der Waals surface area contributed by atoms with Crippen molar-refractivity contribution in [1.29, 1.82) is 0 Å². The first-order valence-electron chi connectivity index (χ1n) is 9.49. The highest BCUT2D eigenvalue weighted by atomic mass is 32.1. The molecule has 1 saturated heterocycles. The van der Waals surface area contributed by atoms with Crippen LogP contribution in [0.2, 0.25) is 0 Å². The molecule has 1 aliphatic heterocycles. The van der Waals surface area contributed by atoms with Gasteiger partial charge in [0, 0.05) is 44.0 Å². The maximum atomic E-state index is 12.2. The number of H-pyrrole nitrogens is 2. The summed E-state index contributed by atoms with van der Waals surface area (Å²) in [6, 6.07) is 3.89. The quantitative estimate of drug-likeness (QED) is 0.528. The zero-order chi connectivity index (χ0) is 20.0. The van der Waals surface area contributed by atoms with Crippen molar-refractivity contribution in [3.8, 4) is 0 Å². The Morgan fingerprint density at radius 3 is 2.52 bits per heavy atom. The fraction of sp³-hybridized carbons (Fsp3) is 0.316. The maximum Gasteiger partial charge on any atom is 0.326 e. The summed E-state index contributed by atoms with van der Waals surface area (Å²) in [7, 11) is 0. The van der Waals surface area contributed by atoms with E-state index in [-0.39, 0.29) is 5.56 Å². The van der Waals surface area contributed by atoms with Crippen LogP contribution in [-0.2, 0) is 6.42 Å². The molecule has 5 rings (SSSR count). The third-order valence-electron chi connectivity index (χ3n) is 5.22. The van der Waals surface area contributed by atoms with Crippen molar-refractivity contribution in [3.05, 3.63) is 50.9 Å². The number of anilines is 2. The molecule has 29 heavy (non-hydrogen) atoms. The second kappa shape index (κ2) is 6.96. The van der Waals surface area contributed by atoms with E-state index >= 15 is 0 Å². The van der Waals surface area contributed by atoms with Gasteiger partial charge in [-0.1, -0.05) is 6.92 Å². The Bertz CT molecular complexity index is 1300. The molecule has 9 nitrogen and oxygen atoms in total. The molecule has 5 heterocycles. The summed E-state index contributed by atoms with van der Waals surface area (Å²) < 4.78 is 0.505. The van der Waals surface area contributed by atoms with E-state index in [4.69, 9.17) is 4.98 Å². The van der Waals surface area contributed by atoms with Crippen molar-refractivity contribution in [2.45, 2.75) is 13.3 Å². The Morgan fingerprint density at radius 2 is 1.79 bits per heavy atom. The van der Waals surface area contributed by atoms with Crippen molar-refractivity contribution < 1.29 is 0 Å². The van der Waals surface area contributed by atoms with Gasteiger partial charge in [-0.2, -0.15) is 0 Å². The fourth-order valence-corrected chi connectivity index (χ4v) is 4.84. The average Bonchev–Trinajstić information content (AvgIpc) is 3.13. The van der Waals surface area contributed by atoms with Gasteiger partial charge < -0.3 is 14.8 Å². The minimum atomic E-state index is -0.493. The smallest absolute Gasteiger partial charge is 0.326 e. The van der Waals surface area contributed by atoms with Crippen LogP contribution in [0, 0.1) is 0 Å². The molecule has 0 saturated carbocycles. The molecule has 0 bridgehead atoms. The summed E-state index contributed by atoms with van der Waals surface area (Å²) in [6.45, 7) is 5.30. The molecule has 2 N–H and O–H groups in total. The van der Waals surface area contributed by atoms with Gasteiger partial charge in [0.25, 0.3) is 5.56 Å². The molecule has 0 unspecified atom stereocenters. The number of aromatic nitrogens is 5. The van der Waals surface area contributed by atoms with Gasteiger partial charge in [-0.15, -0.1) is 11.3 Å². The van der Waals surface area contributed by atoms with Crippen LogP contribution < -0.4 is 21.0 Å². The molecule has 0 atom stereocenters. The van der Waals surface area contributed by atoms with Gasteiger partial charge in [0.05, 0.1) is 5.52 Å². The molecule has 0 aromatic carbocycles. The number of hydrogen-bond acceptors (Lipinski definition) is 8. The lowest BCUT2D eigenvalue weighted by atomic mass is 10.1. The van der Waals surface area contributed by atoms with Crippen molar-refractivity contribution in [2.75, 3.05) is 36.0 Å². The summed E-state index contributed by atoms with van der Waals surface area (Å²) >= 11 is 1.32. The second-order valence-corrected chi connectivity index (χ2v) is 7.91. The molecule has 10 heteroatoms. The Labute approximate surface area is 169 Å². The standard InChI is InChI=1S/C19H19N7O2S/c1-2-11-10-12(25-6-8-26(9-7-25)18-20-4-3-5-21-18)22-17-13(11)14-15(29-17)16(27)24-19(28)23-14/h3-5,10H,2,6-9H2,1H3,(H2,23,24,27,28). The van der Waals surface area contributed by atoms with Gasteiger partial charge in [-0.3, -0.25) is 9.78 Å². The van der Waals surface area contributed by atoms with E-state index in [0.717, 1.165) is 60.1 Å². The number of nitrogens with one attached hydrogen (secondary N) is 2. The zero-order valence-corrected chi connectivity index (χ0v) is 16.6. The number of hydrogen-bond donors (Lipinski definition) is 2. The van der Waals surface area contributed by atoms with Crippen LogP contribution in [0.25, 0.3) is 20.4 Å². The first kappa shape index (κ1) is 17.8. The third kappa shape index (κ3) is 3.05. The van der Waals surface area contributed by atoms with Gasteiger partial charge in [-0.25, -0.2) is 19.7 Å². The Hall–Kier alpha value is -3.27. The molecule has 0 amide bonds. The predicted octanol–water partition coefficient (Wildman–Crippen LogP) is 1.51. The van der Waals surface area contributed by atoms with Crippen LogP contribution in [0.4, 0.5) is 11.8 Å². The van der Waals surface area contributed by atoms with E-state index in [1.807, 2.05) is 6.07 Å². The minimum absolute atomic E-state index is 0.369. The van der Waals surface area contributed by atoms with E-state index in [0.29, 0.717) is 10.2 Å². The minimum Gasteiger partial charge on any atom is -0.353 e. The third-order valence-corrected chi connectivity index (χ3v) is 6.30. The Morgan fingerprint density at radius 1 is 1.07 bits per heavy atom. The Kier molecular flexibility index (Phi) is 4.27.